The van der Waals surface area contributed by atoms with Crippen LogP contribution < -0.4 is 9.47 Å². The van der Waals surface area contributed by atoms with Crippen molar-refractivity contribution >= 4 is 21.9 Å². The van der Waals surface area contributed by atoms with Crippen molar-refractivity contribution in [1.82, 2.24) is 4.90 Å². The Balaban J connectivity index is 1.41. The van der Waals surface area contributed by atoms with Crippen molar-refractivity contribution < 1.29 is 23.0 Å². The molecule has 2 heterocycles. The van der Waals surface area contributed by atoms with Gasteiger partial charge in [-0.1, -0.05) is 55.5 Å². The van der Waals surface area contributed by atoms with E-state index in [1.165, 1.54) is 6.42 Å². The number of fused-ring (bicyclic) bond motifs is 1. The molecular formula is C31H35NO5S. The SMILES string of the molecule is CC1=C(c2ccc(C[SH](=O)=O)cc2)C(c2ccc(OCC(C)N3CCC(C)C3)cc2)Oc2c(O)cccc21. The van der Waals surface area contributed by atoms with Crippen molar-refractivity contribution in [2.45, 2.75) is 45.1 Å². The third-order valence-corrected chi connectivity index (χ3v) is 8.25. The zero-order chi connectivity index (χ0) is 26.8. The Morgan fingerprint density at radius 3 is 2.47 bits per heavy atom. The molecule has 3 aromatic rings. The molecule has 0 aromatic heterocycles. The summed E-state index contributed by atoms with van der Waals surface area (Å²) in [6.45, 7) is 9.44. The summed E-state index contributed by atoms with van der Waals surface area (Å²) in [5.41, 5.74) is 5.45. The summed E-state index contributed by atoms with van der Waals surface area (Å²) in [6, 6.07) is 21.3. The maximum atomic E-state index is 11.2. The Kier molecular flexibility index (Phi) is 7.77. The Hall–Kier alpha value is -3.29. The first kappa shape index (κ1) is 26.3. The molecule has 2 aliphatic heterocycles. The van der Waals surface area contributed by atoms with Gasteiger partial charge in [-0.25, -0.2) is 8.42 Å². The molecule has 3 unspecified atom stereocenters. The van der Waals surface area contributed by atoms with Crippen LogP contribution in [0.4, 0.5) is 0 Å². The molecule has 1 saturated heterocycles. The van der Waals surface area contributed by atoms with E-state index in [-0.39, 0.29) is 11.5 Å². The summed E-state index contributed by atoms with van der Waals surface area (Å²) in [5.74, 6) is 2.14. The molecule has 5 rings (SSSR count). The zero-order valence-electron chi connectivity index (χ0n) is 22.1. The predicted molar refractivity (Wildman–Crippen MR) is 151 cm³/mol. The van der Waals surface area contributed by atoms with Crippen LogP contribution in [-0.2, 0) is 16.5 Å². The van der Waals surface area contributed by atoms with Crippen molar-refractivity contribution in [1.29, 1.82) is 0 Å². The number of ether oxygens (including phenoxy) is 2. The molecule has 0 bridgehead atoms. The second kappa shape index (κ2) is 11.2. The van der Waals surface area contributed by atoms with Crippen molar-refractivity contribution in [3.05, 3.63) is 89.0 Å². The number of rotatable bonds is 8. The number of hydrogen-bond donors (Lipinski definition) is 2. The first-order valence-corrected chi connectivity index (χ1v) is 14.5. The van der Waals surface area contributed by atoms with Gasteiger partial charge in [0, 0.05) is 23.7 Å². The molecular weight excluding hydrogens is 498 g/mol. The Bertz CT molecular complexity index is 1390. The van der Waals surface area contributed by atoms with Gasteiger partial charge in [0.05, 0.1) is 5.75 Å². The monoisotopic (exact) mass is 533 g/mol. The van der Waals surface area contributed by atoms with Crippen LogP contribution in [0.15, 0.2) is 66.7 Å². The lowest BCUT2D eigenvalue weighted by Gasteiger charge is -2.31. The average molecular weight is 534 g/mol. The fraction of sp³-hybridized carbons (Fsp3) is 0.355. The van der Waals surface area contributed by atoms with E-state index in [9.17, 15) is 13.5 Å². The number of benzene rings is 3. The normalized spacial score (nSPS) is 20.3. The summed E-state index contributed by atoms with van der Waals surface area (Å²) < 4.78 is 34.9. The van der Waals surface area contributed by atoms with Gasteiger partial charge in [0.25, 0.3) is 0 Å². The second-order valence-electron chi connectivity index (χ2n) is 10.5. The average Bonchev–Trinajstić information content (AvgIpc) is 3.35. The van der Waals surface area contributed by atoms with E-state index in [1.807, 2.05) is 67.6 Å². The predicted octanol–water partition coefficient (Wildman–Crippen LogP) is 5.68. The Labute approximate surface area is 226 Å². The van der Waals surface area contributed by atoms with E-state index in [0.717, 1.165) is 58.2 Å². The molecule has 0 radical (unpaired) electrons. The molecule has 3 aromatic carbocycles. The highest BCUT2D eigenvalue weighted by Gasteiger charge is 2.31. The fourth-order valence-corrected chi connectivity index (χ4v) is 5.94. The molecule has 6 nitrogen and oxygen atoms in total. The molecule has 3 atom stereocenters. The fourth-order valence-electron chi connectivity index (χ4n) is 5.43. The van der Waals surface area contributed by atoms with Gasteiger partial charge in [-0.15, -0.1) is 0 Å². The highest BCUT2D eigenvalue weighted by Crippen LogP contribution is 2.49. The summed E-state index contributed by atoms with van der Waals surface area (Å²) in [6.07, 6.45) is 0.798. The van der Waals surface area contributed by atoms with E-state index in [0.29, 0.717) is 18.4 Å². The van der Waals surface area contributed by atoms with E-state index in [2.05, 4.69) is 18.7 Å². The van der Waals surface area contributed by atoms with Gasteiger partial charge >= 0.3 is 0 Å². The lowest BCUT2D eigenvalue weighted by molar-refractivity contribution is 0.169. The Morgan fingerprint density at radius 1 is 1.08 bits per heavy atom. The topological polar surface area (TPSA) is 76.1 Å². The summed E-state index contributed by atoms with van der Waals surface area (Å²) in [7, 11) is -2.49. The summed E-state index contributed by atoms with van der Waals surface area (Å²) >= 11 is 0. The first-order valence-electron chi connectivity index (χ1n) is 13.2. The largest absolute Gasteiger partial charge is 0.504 e. The molecule has 7 heteroatoms. The van der Waals surface area contributed by atoms with Gasteiger partial charge in [0.15, 0.2) is 11.5 Å². The number of likely N-dealkylation sites (tertiary alicyclic amines) is 1. The smallest absolute Gasteiger partial charge is 0.169 e. The highest BCUT2D eigenvalue weighted by atomic mass is 32.2. The Morgan fingerprint density at radius 2 is 1.82 bits per heavy atom. The summed E-state index contributed by atoms with van der Waals surface area (Å²) in [5, 5.41) is 10.6. The van der Waals surface area contributed by atoms with Crippen LogP contribution >= 0.6 is 0 Å². The van der Waals surface area contributed by atoms with Crippen molar-refractivity contribution in [2.24, 2.45) is 5.92 Å². The molecule has 200 valence electrons. The number of hydrogen-bond acceptors (Lipinski definition) is 6. The van der Waals surface area contributed by atoms with Crippen LogP contribution in [0.1, 0.15) is 55.5 Å². The lowest BCUT2D eigenvalue weighted by Crippen LogP contribution is -2.35. The molecule has 1 N–H and O–H groups in total. The number of aromatic hydroxyl groups is 1. The molecule has 2 aliphatic rings. The van der Waals surface area contributed by atoms with Crippen LogP contribution in [0.25, 0.3) is 11.1 Å². The van der Waals surface area contributed by atoms with Crippen LogP contribution in [0.2, 0.25) is 0 Å². The minimum absolute atomic E-state index is 0.0150. The second-order valence-corrected chi connectivity index (χ2v) is 11.5. The third-order valence-electron chi connectivity index (χ3n) is 7.63. The molecule has 38 heavy (non-hydrogen) atoms. The van der Waals surface area contributed by atoms with Gasteiger partial charge in [-0.2, -0.15) is 0 Å². The molecule has 0 amide bonds. The van der Waals surface area contributed by atoms with Gasteiger partial charge < -0.3 is 14.6 Å². The number of allylic oxidation sites excluding steroid dienone is 1. The molecule has 0 saturated carbocycles. The first-order chi connectivity index (χ1) is 18.3. The number of thiol groups is 1. The van der Waals surface area contributed by atoms with Crippen molar-refractivity contribution in [2.75, 3.05) is 19.7 Å². The molecule has 0 aliphatic carbocycles. The van der Waals surface area contributed by atoms with E-state index < -0.39 is 16.8 Å². The van der Waals surface area contributed by atoms with Gasteiger partial charge in [-0.3, -0.25) is 4.90 Å². The molecule has 1 fully saturated rings. The van der Waals surface area contributed by atoms with Crippen molar-refractivity contribution in [3.8, 4) is 17.2 Å². The van der Waals surface area contributed by atoms with Gasteiger partial charge in [-0.05, 0) is 73.2 Å². The minimum Gasteiger partial charge on any atom is -0.504 e. The van der Waals surface area contributed by atoms with Crippen LogP contribution in [0.5, 0.6) is 17.2 Å². The van der Waals surface area contributed by atoms with E-state index in [4.69, 9.17) is 9.47 Å². The van der Waals surface area contributed by atoms with Crippen LogP contribution in [0, 0.1) is 5.92 Å². The van der Waals surface area contributed by atoms with Crippen molar-refractivity contribution in [3.63, 3.8) is 0 Å². The van der Waals surface area contributed by atoms with Crippen LogP contribution in [-0.4, -0.2) is 44.2 Å². The zero-order valence-corrected chi connectivity index (χ0v) is 23.0. The highest BCUT2D eigenvalue weighted by molar-refractivity contribution is 7.71. The maximum absolute atomic E-state index is 11.2. The van der Waals surface area contributed by atoms with Gasteiger partial charge in [0.2, 0.25) is 0 Å². The maximum Gasteiger partial charge on any atom is 0.169 e. The standard InChI is InChI=1S/C31H35NO5S/c1-20-15-16-32(17-20)21(2)18-36-26-13-11-25(12-14-26)30-29(24-9-7-23(8-10-24)19-38(34)35)22(3)27-5-4-6-28(33)31(27)37-30/h4-14,20-21,30,33,38H,15-19H2,1-3H3. The third kappa shape index (κ3) is 5.59. The van der Waals surface area contributed by atoms with Gasteiger partial charge in [0.1, 0.15) is 29.2 Å². The number of para-hydroxylation sites is 1. The molecule has 0 spiro atoms. The van der Waals surface area contributed by atoms with E-state index >= 15 is 0 Å². The number of phenols is 1. The lowest BCUT2D eigenvalue weighted by atomic mass is 9.86. The number of phenolic OH excluding ortho intramolecular Hbond substituents is 1. The summed E-state index contributed by atoms with van der Waals surface area (Å²) in [4.78, 5) is 2.49. The number of nitrogens with zero attached hydrogens (tertiary/aromatic N) is 1. The minimum atomic E-state index is -2.49. The quantitative estimate of drug-likeness (QED) is 0.363. The van der Waals surface area contributed by atoms with E-state index in [1.54, 1.807) is 6.07 Å². The van der Waals surface area contributed by atoms with Crippen LogP contribution in [0.3, 0.4) is 0 Å².